The Balaban J connectivity index is 4.42. The Morgan fingerprint density at radius 3 is 2.00 bits per heavy atom. The summed E-state index contributed by atoms with van der Waals surface area (Å²) < 4.78 is 99.0. The van der Waals surface area contributed by atoms with Crippen molar-refractivity contribution < 1.29 is 54.5 Å². The molecule has 0 aliphatic heterocycles. The van der Waals surface area contributed by atoms with Gasteiger partial charge in [0, 0.05) is 0 Å². The summed E-state index contributed by atoms with van der Waals surface area (Å²) >= 11 is 0. The number of rotatable bonds is 10. The third-order valence-electron chi connectivity index (χ3n) is 2.35. The zero-order valence-corrected chi connectivity index (χ0v) is 12.5. The van der Waals surface area contributed by atoms with Crippen LogP contribution >= 0.6 is 0 Å². The van der Waals surface area contributed by atoms with Crippen LogP contribution in [0.1, 0.15) is 0 Å². The maximum absolute atomic E-state index is 12.9. The summed E-state index contributed by atoms with van der Waals surface area (Å²) in [5, 5.41) is 0. The summed E-state index contributed by atoms with van der Waals surface area (Å²) in [7, 11) is 0. The molecule has 12 heteroatoms. The molecule has 5 nitrogen and oxygen atoms in total. The molecule has 0 aromatic rings. The molecule has 144 valence electrons. The van der Waals surface area contributed by atoms with E-state index in [0.717, 1.165) is 0 Å². The first-order chi connectivity index (χ1) is 11.3. The van der Waals surface area contributed by atoms with E-state index in [2.05, 4.69) is 22.6 Å². The maximum atomic E-state index is 12.9. The fourth-order valence-electron chi connectivity index (χ4n) is 1.06. The predicted molar refractivity (Wildman–Crippen MR) is 68.0 cm³/mol. The second-order valence-corrected chi connectivity index (χ2v) is 4.42. The Hall–Kier alpha value is -2.11. The standard InChI is InChI=1S/C13H13F7O5/c1-3-4-23-5-8(2)10(22)24-6-9(21)25-7-11(14,15)12(16,17)13(18,19)20/h3H,1-2,4-7H2. The summed E-state index contributed by atoms with van der Waals surface area (Å²) in [5.74, 6) is -15.1. The first-order valence-corrected chi connectivity index (χ1v) is 6.27. The van der Waals surface area contributed by atoms with E-state index in [4.69, 9.17) is 4.74 Å². The molecule has 0 saturated carbocycles. The minimum absolute atomic E-state index is 0.0663. The van der Waals surface area contributed by atoms with Crippen LogP contribution in [0.4, 0.5) is 30.7 Å². The molecular weight excluding hydrogens is 369 g/mol. The lowest BCUT2D eigenvalue weighted by Gasteiger charge is -2.27. The molecular formula is C13H13F7O5. The highest BCUT2D eigenvalue weighted by Gasteiger charge is 2.73. The van der Waals surface area contributed by atoms with Crippen LogP contribution < -0.4 is 0 Å². The molecule has 0 unspecified atom stereocenters. The van der Waals surface area contributed by atoms with Crippen molar-refractivity contribution in [3.05, 3.63) is 24.8 Å². The van der Waals surface area contributed by atoms with Gasteiger partial charge in [-0.2, -0.15) is 30.7 Å². The smallest absolute Gasteiger partial charge is 0.456 e. The van der Waals surface area contributed by atoms with E-state index in [1.807, 2.05) is 0 Å². The molecule has 25 heavy (non-hydrogen) atoms. The maximum Gasteiger partial charge on any atom is 0.460 e. The largest absolute Gasteiger partial charge is 0.460 e. The molecule has 0 fully saturated rings. The zero-order valence-electron chi connectivity index (χ0n) is 12.5. The molecule has 0 spiro atoms. The van der Waals surface area contributed by atoms with Crippen LogP contribution in [-0.4, -0.2) is 56.4 Å². The lowest BCUT2D eigenvalue weighted by molar-refractivity contribution is -0.359. The molecule has 0 aliphatic carbocycles. The summed E-state index contributed by atoms with van der Waals surface area (Å²) in [6, 6.07) is 0. The number of carbonyl (C=O) groups is 2. The van der Waals surface area contributed by atoms with Gasteiger partial charge in [-0.1, -0.05) is 12.7 Å². The SMILES string of the molecule is C=CCOCC(=C)C(=O)OCC(=O)OCC(F)(F)C(F)(F)C(F)(F)F. The Bertz CT molecular complexity index is 513. The Morgan fingerprint density at radius 1 is 0.960 bits per heavy atom. The zero-order chi connectivity index (χ0) is 19.9. The van der Waals surface area contributed by atoms with Gasteiger partial charge in [-0.25, -0.2) is 9.59 Å². The van der Waals surface area contributed by atoms with E-state index < -0.39 is 43.2 Å². The Morgan fingerprint density at radius 2 is 1.52 bits per heavy atom. The molecule has 0 amide bonds. The highest BCUT2D eigenvalue weighted by atomic mass is 19.4. The summed E-state index contributed by atoms with van der Waals surface area (Å²) in [6.07, 6.45) is -5.19. The highest BCUT2D eigenvalue weighted by Crippen LogP contribution is 2.46. The fraction of sp³-hybridized carbons (Fsp3) is 0.538. The van der Waals surface area contributed by atoms with Crippen molar-refractivity contribution in [2.24, 2.45) is 0 Å². The predicted octanol–water partition coefficient (Wildman–Crippen LogP) is 2.66. The van der Waals surface area contributed by atoms with Crippen molar-refractivity contribution in [3.8, 4) is 0 Å². The van der Waals surface area contributed by atoms with Gasteiger partial charge in [0.05, 0.1) is 18.8 Å². The summed E-state index contributed by atoms with van der Waals surface area (Å²) in [5.41, 5.74) is -0.274. The fourth-order valence-corrected chi connectivity index (χ4v) is 1.06. The van der Waals surface area contributed by atoms with Gasteiger partial charge in [0.1, 0.15) is 0 Å². The van der Waals surface area contributed by atoms with Gasteiger partial charge in [-0.15, -0.1) is 6.58 Å². The van der Waals surface area contributed by atoms with Crippen LogP contribution in [0.3, 0.4) is 0 Å². The van der Waals surface area contributed by atoms with E-state index in [1.54, 1.807) is 0 Å². The van der Waals surface area contributed by atoms with Crippen molar-refractivity contribution in [2.75, 3.05) is 26.4 Å². The molecule has 0 N–H and O–H groups in total. The van der Waals surface area contributed by atoms with Gasteiger partial charge in [-0.3, -0.25) is 0 Å². The third kappa shape index (κ3) is 6.72. The molecule has 0 bridgehead atoms. The Kier molecular flexibility index (Phi) is 8.09. The molecule has 0 saturated heterocycles. The van der Waals surface area contributed by atoms with Crippen LogP contribution in [0.15, 0.2) is 24.8 Å². The Labute approximate surface area is 137 Å². The number of hydrogen-bond donors (Lipinski definition) is 0. The van der Waals surface area contributed by atoms with Crippen LogP contribution in [-0.2, 0) is 23.8 Å². The van der Waals surface area contributed by atoms with Crippen LogP contribution in [0, 0.1) is 0 Å². The second kappa shape index (κ2) is 8.83. The normalized spacial score (nSPS) is 12.4. The number of hydrogen-bond acceptors (Lipinski definition) is 5. The average Bonchev–Trinajstić information content (AvgIpc) is 2.49. The summed E-state index contributed by atoms with van der Waals surface area (Å²) in [6.45, 7) is 2.44. The number of carbonyl (C=O) groups excluding carboxylic acids is 2. The monoisotopic (exact) mass is 382 g/mol. The molecule has 0 aliphatic rings. The molecule has 0 rings (SSSR count). The van der Waals surface area contributed by atoms with Crippen molar-refractivity contribution in [2.45, 2.75) is 18.0 Å². The quantitative estimate of drug-likeness (QED) is 0.191. The van der Waals surface area contributed by atoms with Crippen molar-refractivity contribution in [1.29, 1.82) is 0 Å². The average molecular weight is 382 g/mol. The third-order valence-corrected chi connectivity index (χ3v) is 2.35. The van der Waals surface area contributed by atoms with Crippen LogP contribution in [0.2, 0.25) is 0 Å². The topological polar surface area (TPSA) is 61.8 Å². The lowest BCUT2D eigenvalue weighted by Crippen LogP contribution is -2.54. The van der Waals surface area contributed by atoms with Crippen LogP contribution in [0.25, 0.3) is 0 Å². The van der Waals surface area contributed by atoms with Gasteiger partial charge in [0.25, 0.3) is 0 Å². The lowest BCUT2D eigenvalue weighted by atomic mass is 10.2. The van der Waals surface area contributed by atoms with Gasteiger partial charge < -0.3 is 14.2 Å². The van der Waals surface area contributed by atoms with Crippen LogP contribution in [0.5, 0.6) is 0 Å². The molecule has 0 atom stereocenters. The minimum Gasteiger partial charge on any atom is -0.456 e. The first kappa shape index (κ1) is 22.9. The van der Waals surface area contributed by atoms with E-state index in [-0.39, 0.29) is 18.8 Å². The molecule has 0 heterocycles. The molecule has 0 radical (unpaired) electrons. The van der Waals surface area contributed by atoms with Crippen molar-refractivity contribution in [1.82, 2.24) is 0 Å². The van der Waals surface area contributed by atoms with E-state index in [0.29, 0.717) is 0 Å². The second-order valence-electron chi connectivity index (χ2n) is 4.42. The summed E-state index contributed by atoms with van der Waals surface area (Å²) in [4.78, 5) is 22.3. The number of alkyl halides is 7. The minimum atomic E-state index is -6.54. The molecule has 0 aromatic carbocycles. The highest BCUT2D eigenvalue weighted by molar-refractivity contribution is 5.89. The van der Waals surface area contributed by atoms with Crippen molar-refractivity contribution >= 4 is 11.9 Å². The number of esters is 2. The molecule has 0 aromatic heterocycles. The van der Waals surface area contributed by atoms with Gasteiger partial charge >= 0.3 is 30.0 Å². The van der Waals surface area contributed by atoms with Gasteiger partial charge in [0.2, 0.25) is 0 Å². The number of halogens is 7. The first-order valence-electron chi connectivity index (χ1n) is 6.27. The van der Waals surface area contributed by atoms with E-state index in [9.17, 15) is 40.3 Å². The van der Waals surface area contributed by atoms with E-state index in [1.165, 1.54) is 6.08 Å². The van der Waals surface area contributed by atoms with Gasteiger partial charge in [0.15, 0.2) is 13.2 Å². The van der Waals surface area contributed by atoms with E-state index >= 15 is 0 Å². The number of ether oxygens (including phenoxy) is 3. The van der Waals surface area contributed by atoms with Crippen molar-refractivity contribution in [3.63, 3.8) is 0 Å². The van der Waals surface area contributed by atoms with Gasteiger partial charge in [-0.05, 0) is 0 Å².